The molecule has 1 aliphatic heterocycles. The monoisotopic (exact) mass is 615 g/mol. The molecule has 5 aromatic rings. The van der Waals surface area contributed by atoms with Crippen molar-refractivity contribution in [3.63, 3.8) is 0 Å². The lowest BCUT2D eigenvalue weighted by molar-refractivity contribution is -0.115. The van der Waals surface area contributed by atoms with E-state index in [-0.39, 0.29) is 11.0 Å². The van der Waals surface area contributed by atoms with E-state index in [1.165, 1.54) is 0 Å². The Morgan fingerprint density at radius 2 is 1.52 bits per heavy atom. The van der Waals surface area contributed by atoms with E-state index in [4.69, 9.17) is 33.9 Å². The molecule has 4 aromatic carbocycles. The normalized spacial score (nSPS) is 12.7. The lowest BCUT2D eigenvalue weighted by atomic mass is 10.0. The van der Waals surface area contributed by atoms with Crippen LogP contribution in [0.25, 0.3) is 5.69 Å². The zero-order valence-corrected chi connectivity index (χ0v) is 25.0. The molecule has 42 heavy (non-hydrogen) atoms. The summed E-state index contributed by atoms with van der Waals surface area (Å²) < 4.78 is 14.4. The van der Waals surface area contributed by atoms with Gasteiger partial charge in [0.25, 0.3) is 5.91 Å². The van der Waals surface area contributed by atoms with Crippen LogP contribution in [0.3, 0.4) is 0 Å². The number of rotatable bonds is 6. The van der Waals surface area contributed by atoms with Gasteiger partial charge in [-0.25, -0.2) is 0 Å². The van der Waals surface area contributed by atoms with Crippen molar-refractivity contribution in [3.8, 4) is 5.69 Å². The summed E-state index contributed by atoms with van der Waals surface area (Å²) >= 11 is 11.3. The molecule has 2 N–H and O–H groups in total. The predicted molar refractivity (Wildman–Crippen MR) is 169 cm³/mol. The van der Waals surface area contributed by atoms with E-state index in [1.54, 1.807) is 0 Å². The maximum absolute atomic E-state index is 12.4. The van der Waals surface area contributed by atoms with Gasteiger partial charge in [-0.05, 0) is 42.4 Å². The van der Waals surface area contributed by atoms with Gasteiger partial charge < -0.3 is 10.3 Å². The first kappa shape index (κ1) is 29.5. The highest BCUT2D eigenvalue weighted by Crippen LogP contribution is 2.31. The maximum Gasteiger partial charge on any atom is 0.267 e. The summed E-state index contributed by atoms with van der Waals surface area (Å²) in [7, 11) is 0. The third-order valence-electron chi connectivity index (χ3n) is 6.61. The van der Waals surface area contributed by atoms with E-state index >= 15 is 0 Å². The van der Waals surface area contributed by atoms with Gasteiger partial charge in [0.15, 0.2) is 16.8 Å². The van der Waals surface area contributed by atoms with Gasteiger partial charge in [0.2, 0.25) is 0 Å². The van der Waals surface area contributed by atoms with Gasteiger partial charge in [0.1, 0.15) is 12.4 Å². The van der Waals surface area contributed by atoms with Crippen molar-refractivity contribution in [3.05, 3.63) is 147 Å². The molecular weight excluding hydrogens is 589 g/mol. The molecule has 0 radical (unpaired) electrons. The average molecular weight is 617 g/mol. The lowest BCUT2D eigenvalue weighted by Crippen LogP contribution is -2.27. The largest absolute Gasteiger partial charge is 0.615 e. The molecular formula is C32H27Cl2N5O2S. The molecule has 6 rings (SSSR count). The standard InChI is InChI=1S/C17H12Cl2N4.C15H15NO2S/c1-10-21-22-16-9-20-17(12-4-2-3-5-14(12)19)13-8-11(18)6-7-15(13)23(10)16;16-14(17)11-19(18)15(12-7-3-1-4-8-12)13-9-5-2-6-10-13/h2-8H,9H2,1H3;1-10,15H,11H2,(H2,16,17). The third kappa shape index (κ3) is 6.58. The summed E-state index contributed by atoms with van der Waals surface area (Å²) in [6.45, 7) is 2.36. The van der Waals surface area contributed by atoms with E-state index < -0.39 is 17.1 Å². The van der Waals surface area contributed by atoms with Gasteiger partial charge >= 0.3 is 0 Å². The summed E-state index contributed by atoms with van der Waals surface area (Å²) in [4.78, 5) is 15.7. The van der Waals surface area contributed by atoms with Gasteiger partial charge in [0, 0.05) is 32.3 Å². The topological polar surface area (TPSA) is 109 Å². The van der Waals surface area contributed by atoms with Crippen molar-refractivity contribution in [2.45, 2.75) is 18.7 Å². The SMILES string of the molecule is Cc1nnc2n1-c1ccc(Cl)cc1C(c1ccccc1Cl)=NC2.NC(=O)C[S+]([O-])C(c1ccccc1)c1ccccc1. The Morgan fingerprint density at radius 3 is 2.14 bits per heavy atom. The van der Waals surface area contributed by atoms with Crippen LogP contribution in [0, 0.1) is 6.92 Å². The molecule has 1 aliphatic rings. The van der Waals surface area contributed by atoms with Crippen molar-refractivity contribution in [2.24, 2.45) is 10.7 Å². The second kappa shape index (κ2) is 13.4. The quantitative estimate of drug-likeness (QED) is 0.228. The number of aromatic nitrogens is 3. The van der Waals surface area contributed by atoms with Crippen molar-refractivity contribution in [1.82, 2.24) is 14.8 Å². The lowest BCUT2D eigenvalue weighted by Gasteiger charge is -2.21. The zero-order chi connectivity index (χ0) is 29.6. The fourth-order valence-corrected chi connectivity index (χ4v) is 6.57. The first-order valence-electron chi connectivity index (χ1n) is 13.1. The second-order valence-electron chi connectivity index (χ2n) is 9.50. The van der Waals surface area contributed by atoms with Crippen LogP contribution in [0.15, 0.2) is 108 Å². The fraction of sp³-hybridized carbons (Fsp3) is 0.125. The van der Waals surface area contributed by atoms with Crippen LogP contribution in [0.1, 0.15) is 39.2 Å². The highest BCUT2D eigenvalue weighted by atomic mass is 35.5. The van der Waals surface area contributed by atoms with Crippen LogP contribution in [0.2, 0.25) is 10.0 Å². The Morgan fingerprint density at radius 1 is 0.905 bits per heavy atom. The van der Waals surface area contributed by atoms with E-state index in [0.29, 0.717) is 16.6 Å². The first-order chi connectivity index (χ1) is 20.3. The van der Waals surface area contributed by atoms with Crippen LogP contribution in [-0.2, 0) is 22.5 Å². The molecule has 2 heterocycles. The van der Waals surface area contributed by atoms with Crippen LogP contribution < -0.4 is 5.73 Å². The van der Waals surface area contributed by atoms with Gasteiger partial charge in [-0.3, -0.25) is 14.4 Å². The minimum atomic E-state index is -1.36. The molecule has 0 saturated heterocycles. The number of nitrogens with two attached hydrogens (primary N) is 1. The molecule has 0 saturated carbocycles. The Kier molecular flexibility index (Phi) is 9.39. The van der Waals surface area contributed by atoms with Gasteiger partial charge in [-0.15, -0.1) is 10.2 Å². The smallest absolute Gasteiger partial charge is 0.267 e. The summed E-state index contributed by atoms with van der Waals surface area (Å²) in [5.74, 6) is 0.941. The van der Waals surface area contributed by atoms with E-state index in [2.05, 4.69) is 10.2 Å². The predicted octanol–water partition coefficient (Wildman–Crippen LogP) is 6.24. The maximum atomic E-state index is 12.4. The minimum absolute atomic E-state index is 0.131. The highest BCUT2D eigenvalue weighted by molar-refractivity contribution is 7.92. The van der Waals surface area contributed by atoms with Crippen LogP contribution in [0.5, 0.6) is 0 Å². The van der Waals surface area contributed by atoms with Crippen LogP contribution in [0.4, 0.5) is 0 Å². The summed E-state index contributed by atoms with van der Waals surface area (Å²) in [6, 6.07) is 32.5. The molecule has 1 atom stereocenters. The van der Waals surface area contributed by atoms with Gasteiger partial charge in [-0.1, -0.05) is 102 Å². The van der Waals surface area contributed by atoms with E-state index in [9.17, 15) is 9.35 Å². The molecule has 0 aliphatic carbocycles. The number of benzene rings is 4. The van der Waals surface area contributed by atoms with Gasteiger partial charge in [-0.2, -0.15) is 0 Å². The van der Waals surface area contributed by atoms with E-state index in [1.807, 2.05) is 115 Å². The molecule has 7 nitrogen and oxygen atoms in total. The third-order valence-corrected chi connectivity index (χ3v) is 8.81. The molecule has 1 unspecified atom stereocenters. The first-order valence-corrected chi connectivity index (χ1v) is 15.2. The summed E-state index contributed by atoms with van der Waals surface area (Å²) in [5.41, 5.74) is 10.6. The number of carbonyl (C=O) groups excluding carboxylic acids is 1. The van der Waals surface area contributed by atoms with Crippen molar-refractivity contribution in [2.75, 3.05) is 5.75 Å². The highest BCUT2D eigenvalue weighted by Gasteiger charge is 2.28. The zero-order valence-electron chi connectivity index (χ0n) is 22.7. The number of carbonyl (C=O) groups is 1. The number of aliphatic imine (C=N–C) groups is 1. The average Bonchev–Trinajstić information content (AvgIpc) is 3.26. The molecule has 10 heteroatoms. The number of primary amides is 1. The molecule has 1 aromatic heterocycles. The number of amides is 1. The second-order valence-corrected chi connectivity index (χ2v) is 11.9. The van der Waals surface area contributed by atoms with Crippen LogP contribution in [-0.4, -0.2) is 36.7 Å². The van der Waals surface area contributed by atoms with Crippen molar-refractivity contribution >= 4 is 46.0 Å². The number of fused-ring (bicyclic) bond motifs is 3. The van der Waals surface area contributed by atoms with E-state index in [0.717, 1.165) is 45.3 Å². The van der Waals surface area contributed by atoms with Crippen LogP contribution >= 0.6 is 23.2 Å². The Balaban J connectivity index is 0.000000172. The molecule has 1 amide bonds. The van der Waals surface area contributed by atoms with Crippen molar-refractivity contribution < 1.29 is 9.35 Å². The number of halogens is 2. The fourth-order valence-electron chi connectivity index (χ4n) is 4.81. The Labute approximate surface area is 257 Å². The molecule has 0 fully saturated rings. The van der Waals surface area contributed by atoms with Gasteiger partial charge in [0.05, 0.1) is 11.4 Å². The van der Waals surface area contributed by atoms with Crippen molar-refractivity contribution in [1.29, 1.82) is 0 Å². The molecule has 0 bridgehead atoms. The summed E-state index contributed by atoms with van der Waals surface area (Å²) in [6.07, 6.45) is 0. The Hall–Kier alpha value is -3.95. The Bertz CT molecular complexity index is 1690. The molecule has 212 valence electrons. The number of hydrogen-bond acceptors (Lipinski definition) is 5. The number of hydrogen-bond donors (Lipinski definition) is 1. The minimum Gasteiger partial charge on any atom is -0.615 e. The summed E-state index contributed by atoms with van der Waals surface area (Å²) in [5, 5.41) is 9.37. The number of nitrogens with zero attached hydrogens (tertiary/aromatic N) is 4. The molecule has 0 spiro atoms. The number of aryl methyl sites for hydroxylation is 1.